The van der Waals surface area contributed by atoms with Gasteiger partial charge in [-0.1, -0.05) is 17.7 Å². The third-order valence-electron chi connectivity index (χ3n) is 3.64. The predicted molar refractivity (Wildman–Crippen MR) is 78.6 cm³/mol. The van der Waals surface area contributed by atoms with Gasteiger partial charge < -0.3 is 15.2 Å². The molecule has 1 saturated heterocycles. The highest BCUT2D eigenvalue weighted by Crippen LogP contribution is 2.26. The van der Waals surface area contributed by atoms with Crippen molar-refractivity contribution in [2.24, 2.45) is 5.92 Å². The lowest BCUT2D eigenvalue weighted by atomic mass is 9.93. The van der Waals surface area contributed by atoms with Crippen LogP contribution in [0.25, 0.3) is 0 Å². The Kier molecular flexibility index (Phi) is 5.49. The third kappa shape index (κ3) is 4.37. The Labute approximate surface area is 119 Å². The molecule has 1 aromatic rings. The molecule has 1 aliphatic heterocycles. The van der Waals surface area contributed by atoms with Crippen LogP contribution in [0.4, 0.5) is 5.69 Å². The predicted octanol–water partition coefficient (Wildman–Crippen LogP) is 3.45. The van der Waals surface area contributed by atoms with E-state index >= 15 is 0 Å². The molecule has 1 aromatic carbocycles. The van der Waals surface area contributed by atoms with Crippen LogP contribution in [-0.2, 0) is 11.3 Å². The minimum absolute atomic E-state index is 0.0419. The average Bonchev–Trinajstić information content (AvgIpc) is 2.42. The number of hydrogen-bond acceptors (Lipinski definition) is 3. The lowest BCUT2D eigenvalue weighted by molar-refractivity contribution is 0.0629. The van der Waals surface area contributed by atoms with Crippen molar-refractivity contribution in [3.8, 4) is 0 Å². The first-order chi connectivity index (χ1) is 9.19. The highest BCUT2D eigenvalue weighted by atomic mass is 35.5. The first-order valence-electron chi connectivity index (χ1n) is 6.92. The van der Waals surface area contributed by atoms with Gasteiger partial charge in [0.2, 0.25) is 0 Å². The minimum atomic E-state index is 0.0419. The Morgan fingerprint density at radius 2 is 2.16 bits per heavy atom. The Morgan fingerprint density at radius 1 is 1.42 bits per heavy atom. The molecule has 0 spiro atoms. The summed E-state index contributed by atoms with van der Waals surface area (Å²) in [5.41, 5.74) is 1.79. The van der Waals surface area contributed by atoms with Gasteiger partial charge >= 0.3 is 0 Å². The van der Waals surface area contributed by atoms with Gasteiger partial charge in [0.25, 0.3) is 0 Å². The Balaban J connectivity index is 1.92. The van der Waals surface area contributed by atoms with E-state index in [0.29, 0.717) is 11.1 Å². The van der Waals surface area contributed by atoms with Gasteiger partial charge in [0.15, 0.2) is 0 Å². The molecule has 1 atom stereocenters. The first-order valence-corrected chi connectivity index (χ1v) is 7.30. The van der Waals surface area contributed by atoms with Crippen molar-refractivity contribution in [3.05, 3.63) is 28.8 Å². The molecule has 1 aliphatic rings. The van der Waals surface area contributed by atoms with Gasteiger partial charge in [0.05, 0.1) is 17.3 Å². The smallest absolute Gasteiger partial charge is 0.0682 e. The second-order valence-corrected chi connectivity index (χ2v) is 5.72. The van der Waals surface area contributed by atoms with Crippen molar-refractivity contribution in [1.82, 2.24) is 0 Å². The third-order valence-corrected chi connectivity index (χ3v) is 3.97. The zero-order chi connectivity index (χ0) is 13.7. The summed E-state index contributed by atoms with van der Waals surface area (Å²) in [7, 11) is 0. The molecule has 0 bridgehead atoms. The van der Waals surface area contributed by atoms with E-state index in [1.54, 1.807) is 0 Å². The molecule has 0 aliphatic carbocycles. The van der Waals surface area contributed by atoms with Crippen LogP contribution in [0, 0.1) is 5.92 Å². The van der Waals surface area contributed by atoms with Crippen molar-refractivity contribution < 1.29 is 9.84 Å². The molecular weight excluding hydrogens is 262 g/mol. The molecular formula is C15H22ClNO2. The maximum atomic E-state index is 9.16. The number of benzene rings is 1. The number of halogens is 1. The quantitative estimate of drug-likeness (QED) is 0.870. The summed E-state index contributed by atoms with van der Waals surface area (Å²) >= 11 is 6.18. The Hall–Kier alpha value is -0.770. The fourth-order valence-corrected chi connectivity index (χ4v) is 2.76. The van der Waals surface area contributed by atoms with Crippen LogP contribution in [0.2, 0.25) is 5.02 Å². The van der Waals surface area contributed by atoms with Crippen LogP contribution in [0.3, 0.4) is 0 Å². The summed E-state index contributed by atoms with van der Waals surface area (Å²) in [4.78, 5) is 0. The number of aliphatic hydroxyl groups is 1. The van der Waals surface area contributed by atoms with Crippen LogP contribution in [0.1, 0.15) is 31.7 Å². The van der Waals surface area contributed by atoms with E-state index in [2.05, 4.69) is 12.2 Å². The van der Waals surface area contributed by atoms with Crippen molar-refractivity contribution in [2.45, 2.75) is 38.8 Å². The number of anilines is 1. The standard InChI is InChI=1S/C15H22ClNO2/c1-11(8-12-4-6-19-7-5-12)17-15-9-13(10-18)2-3-14(15)16/h2-3,9,11-12,17-18H,4-8,10H2,1H3. The van der Waals surface area contributed by atoms with E-state index in [1.807, 2.05) is 18.2 Å². The van der Waals surface area contributed by atoms with Crippen LogP contribution in [-0.4, -0.2) is 24.4 Å². The number of hydrogen-bond donors (Lipinski definition) is 2. The summed E-state index contributed by atoms with van der Waals surface area (Å²) in [5, 5.41) is 13.3. The van der Waals surface area contributed by atoms with Crippen LogP contribution >= 0.6 is 11.6 Å². The highest BCUT2D eigenvalue weighted by molar-refractivity contribution is 6.33. The van der Waals surface area contributed by atoms with E-state index in [1.165, 1.54) is 0 Å². The number of ether oxygens (including phenoxy) is 1. The molecule has 0 radical (unpaired) electrons. The van der Waals surface area contributed by atoms with Crippen molar-refractivity contribution in [3.63, 3.8) is 0 Å². The number of aliphatic hydroxyl groups excluding tert-OH is 1. The molecule has 0 amide bonds. The SMILES string of the molecule is CC(CC1CCOCC1)Nc1cc(CO)ccc1Cl. The lowest BCUT2D eigenvalue weighted by Crippen LogP contribution is -2.24. The monoisotopic (exact) mass is 283 g/mol. The summed E-state index contributed by atoms with van der Waals surface area (Å²) in [5.74, 6) is 0.732. The topological polar surface area (TPSA) is 41.5 Å². The highest BCUT2D eigenvalue weighted by Gasteiger charge is 2.17. The van der Waals surface area contributed by atoms with E-state index in [4.69, 9.17) is 21.4 Å². The molecule has 2 rings (SSSR count). The molecule has 1 heterocycles. The Morgan fingerprint density at radius 3 is 2.84 bits per heavy atom. The van der Waals surface area contributed by atoms with Crippen LogP contribution < -0.4 is 5.32 Å². The maximum absolute atomic E-state index is 9.16. The van der Waals surface area contributed by atoms with Crippen molar-refractivity contribution in [2.75, 3.05) is 18.5 Å². The molecule has 1 fully saturated rings. The normalized spacial score (nSPS) is 18.3. The van der Waals surface area contributed by atoms with Crippen LogP contribution in [0.5, 0.6) is 0 Å². The molecule has 19 heavy (non-hydrogen) atoms. The van der Waals surface area contributed by atoms with Crippen molar-refractivity contribution in [1.29, 1.82) is 0 Å². The molecule has 106 valence electrons. The largest absolute Gasteiger partial charge is 0.392 e. The fourth-order valence-electron chi connectivity index (χ4n) is 2.59. The zero-order valence-electron chi connectivity index (χ0n) is 11.4. The average molecular weight is 284 g/mol. The summed E-state index contributed by atoms with van der Waals surface area (Å²) < 4.78 is 5.38. The fraction of sp³-hybridized carbons (Fsp3) is 0.600. The minimum Gasteiger partial charge on any atom is -0.392 e. The van der Waals surface area contributed by atoms with E-state index in [0.717, 1.165) is 49.6 Å². The van der Waals surface area contributed by atoms with Gasteiger partial charge in [-0.15, -0.1) is 0 Å². The number of nitrogens with one attached hydrogen (secondary N) is 1. The summed E-state index contributed by atoms with van der Waals surface area (Å²) in [6.07, 6.45) is 3.43. The van der Waals surface area contributed by atoms with E-state index in [-0.39, 0.29) is 6.61 Å². The van der Waals surface area contributed by atoms with Gasteiger partial charge in [0.1, 0.15) is 0 Å². The molecule has 3 nitrogen and oxygen atoms in total. The molecule has 2 N–H and O–H groups in total. The Bertz CT molecular complexity index is 405. The lowest BCUT2D eigenvalue weighted by Gasteiger charge is -2.26. The first kappa shape index (κ1) is 14.6. The molecule has 4 heteroatoms. The van der Waals surface area contributed by atoms with Gasteiger partial charge in [-0.25, -0.2) is 0 Å². The van der Waals surface area contributed by atoms with Gasteiger partial charge in [0, 0.05) is 19.3 Å². The summed E-state index contributed by atoms with van der Waals surface area (Å²) in [6.45, 7) is 3.99. The van der Waals surface area contributed by atoms with Crippen LogP contribution in [0.15, 0.2) is 18.2 Å². The molecule has 0 saturated carbocycles. The second kappa shape index (κ2) is 7.13. The maximum Gasteiger partial charge on any atom is 0.0682 e. The van der Waals surface area contributed by atoms with E-state index in [9.17, 15) is 0 Å². The van der Waals surface area contributed by atoms with E-state index < -0.39 is 0 Å². The van der Waals surface area contributed by atoms with Gasteiger partial charge in [-0.2, -0.15) is 0 Å². The number of rotatable bonds is 5. The molecule has 1 unspecified atom stereocenters. The van der Waals surface area contributed by atoms with Gasteiger partial charge in [-0.05, 0) is 49.8 Å². The summed E-state index contributed by atoms with van der Waals surface area (Å²) in [6, 6.07) is 5.96. The second-order valence-electron chi connectivity index (χ2n) is 5.31. The van der Waals surface area contributed by atoms with Gasteiger partial charge in [-0.3, -0.25) is 0 Å². The molecule has 0 aromatic heterocycles. The zero-order valence-corrected chi connectivity index (χ0v) is 12.1. The van der Waals surface area contributed by atoms with Crippen molar-refractivity contribution >= 4 is 17.3 Å².